The van der Waals surface area contributed by atoms with Crippen molar-refractivity contribution in [3.8, 4) is 0 Å². The molecule has 198 valence electrons. The summed E-state index contributed by atoms with van der Waals surface area (Å²) in [5, 5.41) is 7.09. The SMILES string of the molecule is CCC1(Cc2ccccc2)C(=O)NN=C1CCCC(=O)[C@@H](COCc1ccccc1)NC(=O)C(C)(C)N. The first-order valence-corrected chi connectivity index (χ1v) is 12.8. The number of benzene rings is 2. The lowest BCUT2D eigenvalue weighted by Crippen LogP contribution is -2.55. The van der Waals surface area contributed by atoms with Crippen LogP contribution in [0.25, 0.3) is 0 Å². The van der Waals surface area contributed by atoms with Crippen molar-refractivity contribution in [3.63, 3.8) is 0 Å². The van der Waals surface area contributed by atoms with Crippen LogP contribution in [0.1, 0.15) is 57.6 Å². The standard InChI is InChI=1S/C29H38N4O4/c1-4-29(18-21-12-7-5-8-13-21)25(32-33-27(29)36)17-11-16-24(34)23(31-26(35)28(2,3)30)20-37-19-22-14-9-6-10-15-22/h5-10,12-15,23H,4,11,16-20,30H2,1-3H3,(H,31,35)(H,33,36)/t23-,29?/m1/s1. The second-order valence-corrected chi connectivity index (χ2v) is 10.2. The van der Waals surface area contributed by atoms with Gasteiger partial charge in [0, 0.05) is 6.42 Å². The molecule has 0 spiro atoms. The molecular formula is C29H38N4O4. The highest BCUT2D eigenvalue weighted by Crippen LogP contribution is 2.34. The number of hydrazone groups is 1. The van der Waals surface area contributed by atoms with Crippen LogP contribution in [0.4, 0.5) is 0 Å². The second-order valence-electron chi connectivity index (χ2n) is 10.2. The Bertz CT molecular complexity index is 1100. The summed E-state index contributed by atoms with van der Waals surface area (Å²) < 4.78 is 5.77. The minimum atomic E-state index is -1.12. The van der Waals surface area contributed by atoms with Crippen LogP contribution >= 0.6 is 0 Å². The molecule has 0 saturated heterocycles. The number of Topliss-reactive ketones (excluding diaryl/α,β-unsaturated/α-hetero) is 1. The number of hydrogen-bond donors (Lipinski definition) is 3. The van der Waals surface area contributed by atoms with Gasteiger partial charge in [0.15, 0.2) is 5.78 Å². The average molecular weight is 507 g/mol. The summed E-state index contributed by atoms with van der Waals surface area (Å²) in [5.74, 6) is -0.671. The third kappa shape index (κ3) is 7.57. The number of carbonyl (C=O) groups is 3. The molecule has 3 rings (SSSR count). The summed E-state index contributed by atoms with van der Waals surface area (Å²) in [6.45, 7) is 5.54. The first kappa shape index (κ1) is 28.2. The molecule has 0 bridgehead atoms. The van der Waals surface area contributed by atoms with E-state index in [0.29, 0.717) is 32.3 Å². The number of carbonyl (C=O) groups excluding carboxylic acids is 3. The number of ketones is 1. The zero-order valence-corrected chi connectivity index (χ0v) is 22.0. The molecule has 0 radical (unpaired) electrons. The maximum Gasteiger partial charge on any atom is 0.252 e. The van der Waals surface area contributed by atoms with Crippen molar-refractivity contribution in [1.82, 2.24) is 10.7 Å². The monoisotopic (exact) mass is 506 g/mol. The van der Waals surface area contributed by atoms with Gasteiger partial charge in [-0.15, -0.1) is 0 Å². The van der Waals surface area contributed by atoms with Crippen LogP contribution in [0.15, 0.2) is 65.8 Å². The van der Waals surface area contributed by atoms with E-state index in [-0.39, 0.29) is 24.7 Å². The number of rotatable bonds is 14. The predicted molar refractivity (Wildman–Crippen MR) is 144 cm³/mol. The maximum absolute atomic E-state index is 13.2. The molecule has 8 heteroatoms. The number of amides is 2. The zero-order chi connectivity index (χ0) is 26.9. The summed E-state index contributed by atoms with van der Waals surface area (Å²) in [6.07, 6.45) is 2.38. The summed E-state index contributed by atoms with van der Waals surface area (Å²) in [6, 6.07) is 18.7. The van der Waals surface area contributed by atoms with Crippen molar-refractivity contribution >= 4 is 23.3 Å². The predicted octanol–water partition coefficient (Wildman–Crippen LogP) is 3.29. The van der Waals surface area contributed by atoms with Crippen LogP contribution in [-0.4, -0.2) is 41.5 Å². The number of nitrogens with one attached hydrogen (secondary N) is 2. The van der Waals surface area contributed by atoms with Crippen LogP contribution in [0.2, 0.25) is 0 Å². The molecule has 37 heavy (non-hydrogen) atoms. The van der Waals surface area contributed by atoms with Crippen molar-refractivity contribution < 1.29 is 19.1 Å². The number of hydrogen-bond acceptors (Lipinski definition) is 6. The first-order valence-electron chi connectivity index (χ1n) is 12.8. The molecule has 2 aromatic rings. The molecule has 0 aliphatic carbocycles. The van der Waals surface area contributed by atoms with Gasteiger partial charge < -0.3 is 15.8 Å². The summed E-state index contributed by atoms with van der Waals surface area (Å²) >= 11 is 0. The van der Waals surface area contributed by atoms with Gasteiger partial charge in [0.25, 0.3) is 5.91 Å². The third-order valence-electron chi connectivity index (χ3n) is 6.74. The van der Waals surface area contributed by atoms with Crippen molar-refractivity contribution in [2.75, 3.05) is 6.61 Å². The lowest BCUT2D eigenvalue weighted by Gasteiger charge is -2.27. The lowest BCUT2D eigenvalue weighted by molar-refractivity contribution is -0.131. The van der Waals surface area contributed by atoms with Crippen LogP contribution in [-0.2, 0) is 32.1 Å². The van der Waals surface area contributed by atoms with Gasteiger partial charge in [0.05, 0.1) is 29.9 Å². The Morgan fingerprint density at radius 2 is 1.70 bits per heavy atom. The topological polar surface area (TPSA) is 123 Å². The van der Waals surface area contributed by atoms with Crippen molar-refractivity contribution in [2.45, 2.75) is 71.1 Å². The van der Waals surface area contributed by atoms with Gasteiger partial charge in [-0.1, -0.05) is 67.6 Å². The van der Waals surface area contributed by atoms with E-state index in [2.05, 4.69) is 15.8 Å². The van der Waals surface area contributed by atoms with Crippen molar-refractivity contribution in [3.05, 3.63) is 71.8 Å². The molecule has 0 aromatic heterocycles. The van der Waals surface area contributed by atoms with Crippen molar-refractivity contribution in [1.29, 1.82) is 0 Å². The Morgan fingerprint density at radius 3 is 2.30 bits per heavy atom. The normalized spacial score (nSPS) is 18.2. The smallest absolute Gasteiger partial charge is 0.252 e. The molecule has 4 N–H and O–H groups in total. The van der Waals surface area contributed by atoms with Gasteiger partial charge in [-0.05, 0) is 50.7 Å². The first-order chi connectivity index (χ1) is 17.7. The van der Waals surface area contributed by atoms with E-state index in [4.69, 9.17) is 10.5 Å². The minimum Gasteiger partial charge on any atom is -0.374 e. The molecule has 2 atom stereocenters. The molecule has 1 aliphatic heterocycles. The Balaban J connectivity index is 1.61. The quantitative estimate of drug-likeness (QED) is 0.363. The largest absolute Gasteiger partial charge is 0.374 e. The van der Waals surface area contributed by atoms with Gasteiger partial charge in [-0.3, -0.25) is 14.4 Å². The summed E-state index contributed by atoms with van der Waals surface area (Å²) in [7, 11) is 0. The fraction of sp³-hybridized carbons (Fsp3) is 0.448. The van der Waals surface area contributed by atoms with E-state index in [9.17, 15) is 14.4 Å². The average Bonchev–Trinajstić information content (AvgIpc) is 3.18. The van der Waals surface area contributed by atoms with Gasteiger partial charge in [0.2, 0.25) is 5.91 Å². The number of nitrogens with two attached hydrogens (primary N) is 1. The van der Waals surface area contributed by atoms with Crippen LogP contribution in [0, 0.1) is 5.41 Å². The van der Waals surface area contributed by atoms with Gasteiger partial charge in [-0.2, -0.15) is 5.10 Å². The van der Waals surface area contributed by atoms with Gasteiger partial charge >= 0.3 is 0 Å². The lowest BCUT2D eigenvalue weighted by atomic mass is 9.73. The summed E-state index contributed by atoms with van der Waals surface area (Å²) in [5.41, 5.74) is 9.54. The van der Waals surface area contributed by atoms with E-state index in [1.165, 1.54) is 0 Å². The Morgan fingerprint density at radius 1 is 1.08 bits per heavy atom. The molecule has 8 nitrogen and oxygen atoms in total. The van der Waals surface area contributed by atoms with Crippen LogP contribution in [0.3, 0.4) is 0 Å². The number of nitrogens with zero attached hydrogens (tertiary/aromatic N) is 1. The Labute approximate surface area is 219 Å². The zero-order valence-electron chi connectivity index (χ0n) is 22.0. The van der Waals surface area contributed by atoms with E-state index in [1.54, 1.807) is 13.8 Å². The molecule has 1 unspecified atom stereocenters. The molecule has 2 amide bonds. The third-order valence-corrected chi connectivity index (χ3v) is 6.74. The minimum absolute atomic E-state index is 0.0451. The van der Waals surface area contributed by atoms with Gasteiger partial charge in [0.1, 0.15) is 6.04 Å². The van der Waals surface area contributed by atoms with E-state index in [1.807, 2.05) is 67.6 Å². The van der Waals surface area contributed by atoms with Gasteiger partial charge in [-0.25, -0.2) is 5.43 Å². The van der Waals surface area contributed by atoms with Crippen LogP contribution in [0.5, 0.6) is 0 Å². The summed E-state index contributed by atoms with van der Waals surface area (Å²) in [4.78, 5) is 38.5. The van der Waals surface area contributed by atoms with Crippen molar-refractivity contribution in [2.24, 2.45) is 16.3 Å². The van der Waals surface area contributed by atoms with E-state index in [0.717, 1.165) is 16.8 Å². The fourth-order valence-electron chi connectivity index (χ4n) is 4.41. The fourth-order valence-corrected chi connectivity index (χ4v) is 4.41. The molecule has 1 heterocycles. The van der Waals surface area contributed by atoms with Crippen LogP contribution < -0.4 is 16.5 Å². The number of ether oxygens (including phenoxy) is 1. The highest BCUT2D eigenvalue weighted by atomic mass is 16.5. The second kappa shape index (κ2) is 12.7. The molecule has 2 aromatic carbocycles. The molecular weight excluding hydrogens is 468 g/mol. The molecule has 0 saturated carbocycles. The maximum atomic E-state index is 13.2. The van der Waals surface area contributed by atoms with E-state index < -0.39 is 22.9 Å². The van der Waals surface area contributed by atoms with E-state index >= 15 is 0 Å². The highest BCUT2D eigenvalue weighted by Gasteiger charge is 2.45. The Kier molecular flexibility index (Phi) is 9.72. The highest BCUT2D eigenvalue weighted by molar-refractivity contribution is 6.12. The molecule has 1 aliphatic rings. The Hall–Kier alpha value is -3.36. The molecule has 0 fully saturated rings.